The summed E-state index contributed by atoms with van der Waals surface area (Å²) in [4.78, 5) is 0. The molecule has 10 heavy (non-hydrogen) atoms. The zero-order valence-electron chi connectivity index (χ0n) is 6.42. The van der Waals surface area contributed by atoms with Gasteiger partial charge in [0, 0.05) is 20.4 Å². The molecule has 1 fully saturated rings. The second-order valence-electron chi connectivity index (χ2n) is 2.56. The van der Waals surface area contributed by atoms with Crippen molar-refractivity contribution in [1.29, 1.82) is 0 Å². The summed E-state index contributed by atoms with van der Waals surface area (Å²) < 4.78 is 5.03. The molecule has 0 saturated carbocycles. The maximum absolute atomic E-state index is 5.03. The van der Waals surface area contributed by atoms with Gasteiger partial charge in [0.25, 0.3) is 0 Å². The lowest BCUT2D eigenvalue weighted by Crippen LogP contribution is -2.27. The van der Waals surface area contributed by atoms with E-state index in [1.165, 1.54) is 12.8 Å². The lowest BCUT2D eigenvalue weighted by atomic mass is 10.2. The first-order chi connectivity index (χ1) is 4.88. The topological polar surface area (TPSA) is 24.8 Å². The first-order valence-electron chi connectivity index (χ1n) is 3.60. The lowest BCUT2D eigenvalue weighted by Gasteiger charge is -2.19. The Morgan fingerprint density at radius 2 is 2.60 bits per heavy atom. The highest BCUT2D eigenvalue weighted by Gasteiger charge is 2.21. The van der Waals surface area contributed by atoms with Crippen molar-refractivity contribution in [3.05, 3.63) is 0 Å². The summed E-state index contributed by atoms with van der Waals surface area (Å²) in [5.41, 5.74) is 0. The van der Waals surface area contributed by atoms with Gasteiger partial charge in [-0.25, -0.2) is 0 Å². The lowest BCUT2D eigenvalue weighted by molar-refractivity contribution is 0.118. The van der Waals surface area contributed by atoms with Crippen LogP contribution in [0.5, 0.6) is 0 Å². The molecule has 58 valence electrons. The fourth-order valence-electron chi connectivity index (χ4n) is 1.37. The van der Waals surface area contributed by atoms with Crippen molar-refractivity contribution >= 4 is 6.72 Å². The molecular formula is C7H14N2O. The predicted octanol–water partition coefficient (Wildman–Crippen LogP) is 0.713. The monoisotopic (exact) mass is 142 g/mol. The molecule has 3 heteroatoms. The molecule has 1 heterocycles. The first-order valence-corrected chi connectivity index (χ1v) is 3.60. The third-order valence-electron chi connectivity index (χ3n) is 1.89. The highest BCUT2D eigenvalue weighted by atomic mass is 16.5. The van der Waals surface area contributed by atoms with Crippen LogP contribution < -0.4 is 0 Å². The standard InChI is InChI=1S/C7H14N2O/c1-8-9-5-3-4-7(9)6-10-2/h7H,1,3-6H2,2H3. The van der Waals surface area contributed by atoms with Gasteiger partial charge in [-0.05, 0) is 12.8 Å². The van der Waals surface area contributed by atoms with Crippen LogP contribution in [0.1, 0.15) is 12.8 Å². The maximum atomic E-state index is 5.03. The van der Waals surface area contributed by atoms with Crippen molar-refractivity contribution in [1.82, 2.24) is 5.01 Å². The van der Waals surface area contributed by atoms with Gasteiger partial charge in [-0.1, -0.05) is 0 Å². The molecule has 0 aromatic carbocycles. The number of ether oxygens (including phenoxy) is 1. The van der Waals surface area contributed by atoms with Crippen molar-refractivity contribution in [2.45, 2.75) is 18.9 Å². The van der Waals surface area contributed by atoms with Crippen molar-refractivity contribution in [3.63, 3.8) is 0 Å². The van der Waals surface area contributed by atoms with Crippen LogP contribution in [0.25, 0.3) is 0 Å². The van der Waals surface area contributed by atoms with E-state index in [1.54, 1.807) is 7.11 Å². The second-order valence-corrected chi connectivity index (χ2v) is 2.56. The fourth-order valence-corrected chi connectivity index (χ4v) is 1.37. The molecule has 0 radical (unpaired) electrons. The zero-order valence-corrected chi connectivity index (χ0v) is 6.42. The minimum atomic E-state index is 0.475. The van der Waals surface area contributed by atoms with E-state index in [9.17, 15) is 0 Å². The third kappa shape index (κ3) is 1.48. The van der Waals surface area contributed by atoms with Crippen LogP contribution >= 0.6 is 0 Å². The van der Waals surface area contributed by atoms with Crippen molar-refractivity contribution < 1.29 is 4.74 Å². The van der Waals surface area contributed by atoms with E-state index >= 15 is 0 Å². The summed E-state index contributed by atoms with van der Waals surface area (Å²) in [7, 11) is 1.72. The van der Waals surface area contributed by atoms with E-state index in [0.717, 1.165) is 13.2 Å². The van der Waals surface area contributed by atoms with E-state index in [-0.39, 0.29) is 0 Å². The van der Waals surface area contributed by atoms with Crippen LogP contribution in [-0.4, -0.2) is 38.0 Å². The van der Waals surface area contributed by atoms with Gasteiger partial charge < -0.3 is 4.74 Å². The Balaban J connectivity index is 2.34. The Morgan fingerprint density at radius 1 is 1.80 bits per heavy atom. The summed E-state index contributed by atoms with van der Waals surface area (Å²) >= 11 is 0. The normalized spacial score (nSPS) is 25.3. The van der Waals surface area contributed by atoms with E-state index < -0.39 is 0 Å². The molecule has 0 aromatic rings. The highest BCUT2D eigenvalue weighted by molar-refractivity contribution is 5.22. The minimum Gasteiger partial charge on any atom is -0.382 e. The van der Waals surface area contributed by atoms with Gasteiger partial charge in [-0.2, -0.15) is 5.10 Å². The van der Waals surface area contributed by atoms with E-state index in [0.29, 0.717) is 6.04 Å². The summed E-state index contributed by atoms with van der Waals surface area (Å²) in [6.45, 7) is 5.31. The molecule has 0 aliphatic carbocycles. The number of nitrogens with zero attached hydrogens (tertiary/aromatic N) is 2. The average molecular weight is 142 g/mol. The van der Waals surface area contributed by atoms with Crippen LogP contribution in [0.3, 0.4) is 0 Å². The van der Waals surface area contributed by atoms with Gasteiger partial charge in [-0.3, -0.25) is 5.01 Å². The Labute approximate surface area is 61.7 Å². The summed E-state index contributed by atoms with van der Waals surface area (Å²) in [6, 6.07) is 0.475. The van der Waals surface area contributed by atoms with Gasteiger partial charge in [0.2, 0.25) is 0 Å². The summed E-state index contributed by atoms with van der Waals surface area (Å²) in [6.07, 6.45) is 2.40. The summed E-state index contributed by atoms with van der Waals surface area (Å²) in [5, 5.41) is 5.89. The van der Waals surface area contributed by atoms with Crippen LogP contribution in [0.2, 0.25) is 0 Å². The van der Waals surface area contributed by atoms with Gasteiger partial charge in [-0.15, -0.1) is 0 Å². The van der Waals surface area contributed by atoms with Gasteiger partial charge in [0.05, 0.1) is 12.6 Å². The number of rotatable bonds is 3. The second kappa shape index (κ2) is 3.56. The largest absolute Gasteiger partial charge is 0.382 e. The maximum Gasteiger partial charge on any atom is 0.0704 e. The van der Waals surface area contributed by atoms with Crippen LogP contribution in [-0.2, 0) is 4.74 Å². The number of hydrogen-bond donors (Lipinski definition) is 0. The fraction of sp³-hybridized carbons (Fsp3) is 0.857. The predicted molar refractivity (Wildman–Crippen MR) is 41.2 cm³/mol. The van der Waals surface area contributed by atoms with Crippen LogP contribution in [0.4, 0.5) is 0 Å². The molecular weight excluding hydrogens is 128 g/mol. The average Bonchev–Trinajstić information content (AvgIpc) is 2.36. The zero-order chi connectivity index (χ0) is 7.40. The SMILES string of the molecule is C=NN1CCCC1COC. The Bertz CT molecular complexity index is 116. The van der Waals surface area contributed by atoms with E-state index in [4.69, 9.17) is 4.74 Å². The Kier molecular flexibility index (Phi) is 2.68. The van der Waals surface area contributed by atoms with E-state index in [1.807, 2.05) is 5.01 Å². The molecule has 1 aliphatic rings. The quantitative estimate of drug-likeness (QED) is 0.542. The molecule has 1 atom stereocenters. The van der Waals surface area contributed by atoms with Gasteiger partial charge >= 0.3 is 0 Å². The molecule has 1 rings (SSSR count). The Morgan fingerprint density at radius 3 is 3.20 bits per heavy atom. The molecule has 0 spiro atoms. The number of hydrogen-bond acceptors (Lipinski definition) is 3. The summed E-state index contributed by atoms with van der Waals surface area (Å²) in [5.74, 6) is 0. The van der Waals surface area contributed by atoms with Gasteiger partial charge in [0.1, 0.15) is 0 Å². The Hall–Kier alpha value is -0.570. The highest BCUT2D eigenvalue weighted by Crippen LogP contribution is 2.16. The molecule has 1 aliphatic heterocycles. The molecule has 1 unspecified atom stereocenters. The van der Waals surface area contributed by atoms with Crippen molar-refractivity contribution in [3.8, 4) is 0 Å². The molecule has 0 amide bonds. The first kappa shape index (κ1) is 7.54. The van der Waals surface area contributed by atoms with Crippen LogP contribution in [0, 0.1) is 0 Å². The number of hydrazone groups is 1. The molecule has 0 bridgehead atoms. The number of methoxy groups -OCH3 is 1. The molecule has 0 aromatic heterocycles. The van der Waals surface area contributed by atoms with Crippen molar-refractivity contribution in [2.24, 2.45) is 5.10 Å². The van der Waals surface area contributed by atoms with E-state index in [2.05, 4.69) is 11.8 Å². The minimum absolute atomic E-state index is 0.475. The third-order valence-corrected chi connectivity index (χ3v) is 1.89. The molecule has 0 N–H and O–H groups in total. The van der Waals surface area contributed by atoms with Crippen LogP contribution in [0.15, 0.2) is 5.10 Å². The molecule has 1 saturated heterocycles. The molecule has 3 nitrogen and oxygen atoms in total. The smallest absolute Gasteiger partial charge is 0.0704 e. The van der Waals surface area contributed by atoms with Gasteiger partial charge in [0.15, 0.2) is 0 Å². The van der Waals surface area contributed by atoms with Crippen molar-refractivity contribution in [2.75, 3.05) is 20.3 Å².